The molecule has 0 spiro atoms. The number of hydrogen-bond acceptors (Lipinski definition) is 5. The molecule has 0 radical (unpaired) electrons. The minimum Gasteiger partial charge on any atom is -0.382 e. The second-order valence-electron chi connectivity index (χ2n) is 3.65. The maximum atomic E-state index is 12.0. The Kier molecular flexibility index (Phi) is 4.63. The van der Waals surface area contributed by atoms with Crippen LogP contribution in [0.1, 0.15) is 15.2 Å². The van der Waals surface area contributed by atoms with E-state index >= 15 is 0 Å². The first-order valence-electron chi connectivity index (χ1n) is 5.38. The van der Waals surface area contributed by atoms with E-state index in [4.69, 9.17) is 17.3 Å². The highest BCUT2D eigenvalue weighted by molar-refractivity contribution is 8.00. The van der Waals surface area contributed by atoms with E-state index in [-0.39, 0.29) is 5.78 Å². The molecule has 6 heteroatoms. The van der Waals surface area contributed by atoms with Crippen LogP contribution in [0.3, 0.4) is 0 Å². The summed E-state index contributed by atoms with van der Waals surface area (Å²) in [4.78, 5) is 16.6. The van der Waals surface area contributed by atoms with Crippen LogP contribution in [-0.2, 0) is 0 Å². The molecule has 0 saturated heterocycles. The molecule has 98 valence electrons. The smallest absolute Gasteiger partial charge is 0.199 e. The fourth-order valence-electron chi connectivity index (χ4n) is 1.40. The number of carbonyl (C=O) groups is 1. The van der Waals surface area contributed by atoms with Gasteiger partial charge in [0.25, 0.3) is 0 Å². The van der Waals surface area contributed by atoms with Crippen molar-refractivity contribution in [2.24, 2.45) is 0 Å². The third-order valence-electron chi connectivity index (χ3n) is 2.33. The number of rotatable bonds is 4. The lowest BCUT2D eigenvalue weighted by Gasteiger charge is -1.94. The average molecular weight is 311 g/mol. The first kappa shape index (κ1) is 14.1. The molecule has 0 aliphatic rings. The Balaban J connectivity index is 2.16. The summed E-state index contributed by atoms with van der Waals surface area (Å²) in [6, 6.07) is 7.24. The lowest BCUT2D eigenvalue weighted by atomic mass is 10.2. The molecule has 0 amide bonds. The van der Waals surface area contributed by atoms with Gasteiger partial charge < -0.3 is 5.73 Å². The minimum absolute atomic E-state index is 0.134. The monoisotopic (exact) mass is 310 g/mol. The van der Waals surface area contributed by atoms with Crippen molar-refractivity contribution >= 4 is 52.4 Å². The van der Waals surface area contributed by atoms with Gasteiger partial charge in [-0.25, -0.2) is 4.98 Å². The van der Waals surface area contributed by atoms with Gasteiger partial charge in [-0.2, -0.15) is 0 Å². The molecule has 2 N–H and O–H groups in total. The van der Waals surface area contributed by atoms with Crippen molar-refractivity contribution in [1.82, 2.24) is 4.98 Å². The van der Waals surface area contributed by atoms with Gasteiger partial charge in [0.2, 0.25) is 0 Å². The van der Waals surface area contributed by atoms with Gasteiger partial charge in [-0.05, 0) is 30.0 Å². The van der Waals surface area contributed by atoms with Crippen LogP contribution in [0, 0.1) is 0 Å². The van der Waals surface area contributed by atoms with Crippen LogP contribution in [0.5, 0.6) is 0 Å². The van der Waals surface area contributed by atoms with E-state index in [1.165, 1.54) is 29.2 Å². The van der Waals surface area contributed by atoms with Crippen LogP contribution in [0.25, 0.3) is 6.08 Å². The second-order valence-corrected chi connectivity index (χ2v) is 6.14. The van der Waals surface area contributed by atoms with Crippen LogP contribution < -0.4 is 5.73 Å². The summed E-state index contributed by atoms with van der Waals surface area (Å²) in [5.41, 5.74) is 6.63. The Labute approximate surface area is 124 Å². The lowest BCUT2D eigenvalue weighted by molar-refractivity contribution is 0.105. The topological polar surface area (TPSA) is 56.0 Å². The Hall–Kier alpha value is -1.30. The first-order valence-corrected chi connectivity index (χ1v) is 7.80. The van der Waals surface area contributed by atoms with Crippen LogP contribution in [0.2, 0.25) is 5.02 Å². The predicted octanol–water partition coefficient (Wildman–Crippen LogP) is 4.00. The van der Waals surface area contributed by atoms with Crippen molar-refractivity contribution in [1.29, 1.82) is 0 Å². The number of nitrogen functional groups attached to an aromatic ring is 1. The number of allylic oxidation sites excluding steroid dienone is 1. The molecule has 1 heterocycles. The highest BCUT2D eigenvalue weighted by atomic mass is 35.5. The minimum atomic E-state index is -0.134. The third-order valence-corrected chi connectivity index (χ3v) is 4.65. The average Bonchev–Trinajstić information content (AvgIpc) is 2.79. The molecule has 0 bridgehead atoms. The Morgan fingerprint density at radius 3 is 2.68 bits per heavy atom. The van der Waals surface area contributed by atoms with Crippen molar-refractivity contribution in [2.45, 2.75) is 4.34 Å². The molecule has 0 aliphatic carbocycles. The Bertz CT molecular complexity index is 620. The van der Waals surface area contributed by atoms with E-state index in [0.717, 1.165) is 9.90 Å². The van der Waals surface area contributed by atoms with Gasteiger partial charge in [0.1, 0.15) is 10.7 Å². The molecular formula is C13H11ClN2OS2. The van der Waals surface area contributed by atoms with Gasteiger partial charge in [0.15, 0.2) is 10.1 Å². The summed E-state index contributed by atoms with van der Waals surface area (Å²) in [6.45, 7) is 0. The van der Waals surface area contributed by atoms with Gasteiger partial charge in [-0.3, -0.25) is 4.79 Å². The molecular weight excluding hydrogens is 300 g/mol. The normalized spacial score (nSPS) is 11.1. The number of halogens is 1. The number of ketones is 1. The number of aromatic nitrogens is 1. The number of nitrogens with two attached hydrogens (primary N) is 1. The van der Waals surface area contributed by atoms with Gasteiger partial charge in [0.05, 0.1) is 0 Å². The molecule has 0 saturated carbocycles. The third kappa shape index (κ3) is 3.59. The van der Waals surface area contributed by atoms with Crippen molar-refractivity contribution in [3.8, 4) is 0 Å². The first-order chi connectivity index (χ1) is 9.10. The number of anilines is 1. The van der Waals surface area contributed by atoms with E-state index in [2.05, 4.69) is 4.98 Å². The van der Waals surface area contributed by atoms with Crippen molar-refractivity contribution < 1.29 is 4.79 Å². The maximum Gasteiger partial charge on any atom is 0.199 e. The molecule has 2 aromatic rings. The zero-order chi connectivity index (χ0) is 13.8. The molecule has 3 nitrogen and oxygen atoms in total. The Morgan fingerprint density at radius 2 is 2.11 bits per heavy atom. The number of carbonyl (C=O) groups excluding carboxylic acids is 1. The van der Waals surface area contributed by atoms with E-state index in [0.29, 0.717) is 15.7 Å². The number of hydrogen-bond donors (Lipinski definition) is 1. The summed E-state index contributed by atoms with van der Waals surface area (Å²) >= 11 is 8.58. The van der Waals surface area contributed by atoms with Gasteiger partial charge >= 0.3 is 0 Å². The van der Waals surface area contributed by atoms with Crippen LogP contribution >= 0.6 is 34.7 Å². The SMILES string of the molecule is CSc1nc(N)c(C(=O)/C=C\c2ccc(Cl)cc2)s1. The number of thioether (sulfide) groups is 1. The Morgan fingerprint density at radius 1 is 1.42 bits per heavy atom. The molecule has 1 aromatic carbocycles. The predicted molar refractivity (Wildman–Crippen MR) is 83.1 cm³/mol. The summed E-state index contributed by atoms with van der Waals surface area (Å²) < 4.78 is 0.792. The molecule has 19 heavy (non-hydrogen) atoms. The van der Waals surface area contributed by atoms with Crippen molar-refractivity contribution in [3.05, 3.63) is 45.8 Å². The van der Waals surface area contributed by atoms with E-state index in [1.807, 2.05) is 18.4 Å². The number of benzene rings is 1. The largest absolute Gasteiger partial charge is 0.382 e. The quantitative estimate of drug-likeness (QED) is 0.527. The second kappa shape index (κ2) is 6.23. The van der Waals surface area contributed by atoms with Gasteiger partial charge in [-0.1, -0.05) is 41.6 Å². The number of thiazole rings is 1. The van der Waals surface area contributed by atoms with Crippen molar-refractivity contribution in [3.63, 3.8) is 0 Å². The summed E-state index contributed by atoms with van der Waals surface area (Å²) in [6.07, 6.45) is 5.13. The lowest BCUT2D eigenvalue weighted by Crippen LogP contribution is -1.96. The summed E-state index contributed by atoms with van der Waals surface area (Å²) in [7, 11) is 0. The van der Waals surface area contributed by atoms with Gasteiger partial charge in [-0.15, -0.1) is 11.3 Å². The summed E-state index contributed by atoms with van der Waals surface area (Å²) in [5.74, 6) is 0.158. The maximum absolute atomic E-state index is 12.0. The molecule has 0 atom stereocenters. The van der Waals surface area contributed by atoms with E-state index < -0.39 is 0 Å². The standard InChI is InChI=1S/C13H11ClN2OS2/c1-18-13-16-12(15)11(19-13)10(17)7-4-8-2-5-9(14)6-3-8/h2-7H,15H2,1H3/b7-4-. The molecule has 2 rings (SSSR count). The zero-order valence-corrected chi connectivity index (χ0v) is 12.5. The van der Waals surface area contributed by atoms with Crippen LogP contribution in [0.4, 0.5) is 5.82 Å². The van der Waals surface area contributed by atoms with E-state index in [1.54, 1.807) is 18.2 Å². The molecule has 0 aliphatic heterocycles. The zero-order valence-electron chi connectivity index (χ0n) is 10.1. The highest BCUT2D eigenvalue weighted by Crippen LogP contribution is 2.28. The fourth-order valence-corrected chi connectivity index (χ4v) is 2.93. The van der Waals surface area contributed by atoms with E-state index in [9.17, 15) is 4.79 Å². The summed E-state index contributed by atoms with van der Waals surface area (Å²) in [5, 5.41) is 0.666. The number of nitrogens with zero attached hydrogens (tertiary/aromatic N) is 1. The van der Waals surface area contributed by atoms with Gasteiger partial charge in [0, 0.05) is 5.02 Å². The highest BCUT2D eigenvalue weighted by Gasteiger charge is 2.13. The van der Waals surface area contributed by atoms with Crippen molar-refractivity contribution in [2.75, 3.05) is 12.0 Å². The fraction of sp³-hybridized carbons (Fsp3) is 0.0769. The van der Waals surface area contributed by atoms with Crippen LogP contribution in [-0.4, -0.2) is 17.0 Å². The van der Waals surface area contributed by atoms with Crippen LogP contribution in [0.15, 0.2) is 34.7 Å². The molecule has 1 aromatic heterocycles. The molecule has 0 fully saturated rings. The molecule has 0 unspecified atom stereocenters.